The number of nitrogens with zero attached hydrogens (tertiary/aromatic N) is 2. The van der Waals surface area contributed by atoms with E-state index in [1.165, 1.54) is 18.2 Å². The van der Waals surface area contributed by atoms with Crippen molar-refractivity contribution in [3.8, 4) is 11.5 Å². The van der Waals surface area contributed by atoms with E-state index in [4.69, 9.17) is 0 Å². The van der Waals surface area contributed by atoms with Gasteiger partial charge in [0, 0.05) is 12.1 Å². The molecule has 0 atom stereocenters. The Morgan fingerprint density at radius 3 is 2.74 bits per heavy atom. The lowest BCUT2D eigenvalue weighted by molar-refractivity contribution is 0.102. The van der Waals surface area contributed by atoms with Crippen molar-refractivity contribution in [2.75, 3.05) is 5.32 Å². The van der Waals surface area contributed by atoms with Gasteiger partial charge >= 0.3 is 0 Å². The number of aromatic hydroxyl groups is 2. The van der Waals surface area contributed by atoms with Gasteiger partial charge in [-0.25, -0.2) is 4.68 Å². The summed E-state index contributed by atoms with van der Waals surface area (Å²) in [6.07, 6.45) is 1.58. The van der Waals surface area contributed by atoms with Crippen LogP contribution in [0.1, 0.15) is 30.2 Å². The van der Waals surface area contributed by atoms with Crippen molar-refractivity contribution < 1.29 is 15.0 Å². The van der Waals surface area contributed by atoms with Crippen LogP contribution in [0.15, 0.2) is 30.5 Å². The van der Waals surface area contributed by atoms with E-state index in [2.05, 4.69) is 10.4 Å². The second-order valence-electron chi connectivity index (χ2n) is 4.38. The molecule has 0 radical (unpaired) electrons. The Morgan fingerprint density at radius 1 is 1.32 bits per heavy atom. The van der Waals surface area contributed by atoms with Gasteiger partial charge in [0.05, 0.1) is 11.8 Å². The number of hydrogen-bond donors (Lipinski definition) is 3. The Balaban J connectivity index is 2.26. The molecule has 0 bridgehead atoms. The first-order valence-corrected chi connectivity index (χ1v) is 5.86. The molecule has 6 heteroatoms. The monoisotopic (exact) mass is 261 g/mol. The maximum atomic E-state index is 12.0. The standard InChI is InChI=1S/C13H15N3O3/c1-8(2)16-11(6-7-14-16)15-13(19)9-4-3-5-10(17)12(9)18/h3-8,17-18H,1-2H3,(H,15,19). The average molecular weight is 261 g/mol. The van der Waals surface area contributed by atoms with Gasteiger partial charge in [0.1, 0.15) is 5.82 Å². The number of anilines is 1. The number of para-hydroxylation sites is 1. The summed E-state index contributed by atoms with van der Waals surface area (Å²) in [6, 6.07) is 6.00. The van der Waals surface area contributed by atoms with Gasteiger partial charge in [0.15, 0.2) is 11.5 Å². The zero-order valence-electron chi connectivity index (χ0n) is 10.7. The number of amides is 1. The van der Waals surface area contributed by atoms with Gasteiger partial charge in [-0.15, -0.1) is 0 Å². The minimum atomic E-state index is -0.504. The molecule has 0 aliphatic rings. The quantitative estimate of drug-likeness (QED) is 0.738. The lowest BCUT2D eigenvalue weighted by Crippen LogP contribution is -2.16. The van der Waals surface area contributed by atoms with Crippen molar-refractivity contribution in [2.45, 2.75) is 19.9 Å². The summed E-state index contributed by atoms with van der Waals surface area (Å²) in [7, 11) is 0. The summed E-state index contributed by atoms with van der Waals surface area (Å²) < 4.78 is 1.65. The summed E-state index contributed by atoms with van der Waals surface area (Å²) in [4.78, 5) is 12.0. The summed E-state index contributed by atoms with van der Waals surface area (Å²) in [5, 5.41) is 25.8. The van der Waals surface area contributed by atoms with E-state index in [9.17, 15) is 15.0 Å². The number of phenolic OH excluding ortho intramolecular Hbond substituents is 2. The highest BCUT2D eigenvalue weighted by Gasteiger charge is 2.16. The molecule has 0 aliphatic heterocycles. The van der Waals surface area contributed by atoms with E-state index in [0.717, 1.165) is 0 Å². The smallest absolute Gasteiger partial charge is 0.260 e. The molecule has 0 saturated carbocycles. The SMILES string of the molecule is CC(C)n1nccc1NC(=O)c1cccc(O)c1O. The number of aromatic nitrogens is 2. The summed E-state index contributed by atoms with van der Waals surface area (Å²) in [5.74, 6) is -0.737. The third-order valence-corrected chi connectivity index (χ3v) is 2.66. The van der Waals surface area contributed by atoms with Crippen molar-refractivity contribution in [1.29, 1.82) is 0 Å². The molecule has 1 amide bonds. The normalized spacial score (nSPS) is 10.7. The first-order valence-electron chi connectivity index (χ1n) is 5.86. The number of benzene rings is 1. The molecule has 1 aromatic heterocycles. The van der Waals surface area contributed by atoms with Crippen molar-refractivity contribution in [1.82, 2.24) is 9.78 Å². The lowest BCUT2D eigenvalue weighted by atomic mass is 10.1. The predicted molar refractivity (Wildman–Crippen MR) is 70.3 cm³/mol. The minimum absolute atomic E-state index is 0.0107. The molecule has 1 heterocycles. The Kier molecular flexibility index (Phi) is 3.41. The largest absolute Gasteiger partial charge is 0.504 e. The van der Waals surface area contributed by atoms with Gasteiger partial charge in [-0.3, -0.25) is 4.79 Å². The maximum Gasteiger partial charge on any atom is 0.260 e. The van der Waals surface area contributed by atoms with E-state index < -0.39 is 11.7 Å². The Labute approximate surface area is 110 Å². The van der Waals surface area contributed by atoms with Gasteiger partial charge in [-0.2, -0.15) is 5.10 Å². The number of phenols is 2. The molecule has 0 unspecified atom stereocenters. The van der Waals surface area contributed by atoms with E-state index in [1.54, 1.807) is 16.9 Å². The molecular formula is C13H15N3O3. The molecule has 3 N–H and O–H groups in total. The number of nitrogens with one attached hydrogen (secondary N) is 1. The Hall–Kier alpha value is -2.50. The second-order valence-corrected chi connectivity index (χ2v) is 4.38. The van der Waals surface area contributed by atoms with Crippen LogP contribution in [0.4, 0.5) is 5.82 Å². The molecule has 6 nitrogen and oxygen atoms in total. The second kappa shape index (κ2) is 5.01. The summed E-state index contributed by atoms with van der Waals surface area (Å²) >= 11 is 0. The predicted octanol–water partition coefficient (Wildman–Crippen LogP) is 2.13. The van der Waals surface area contributed by atoms with Crippen molar-refractivity contribution in [3.05, 3.63) is 36.0 Å². The molecule has 1 aromatic carbocycles. The van der Waals surface area contributed by atoms with E-state index >= 15 is 0 Å². The van der Waals surface area contributed by atoms with Crippen LogP contribution in [0.3, 0.4) is 0 Å². The Bertz CT molecular complexity index is 605. The van der Waals surface area contributed by atoms with Crippen LogP contribution in [-0.4, -0.2) is 25.9 Å². The van der Waals surface area contributed by atoms with E-state index in [-0.39, 0.29) is 17.4 Å². The fourth-order valence-electron chi connectivity index (χ4n) is 1.72. The van der Waals surface area contributed by atoms with Crippen LogP contribution >= 0.6 is 0 Å². The fraction of sp³-hybridized carbons (Fsp3) is 0.231. The van der Waals surface area contributed by atoms with Crippen LogP contribution in [-0.2, 0) is 0 Å². The number of hydrogen-bond acceptors (Lipinski definition) is 4. The molecule has 19 heavy (non-hydrogen) atoms. The molecule has 2 aromatic rings. The van der Waals surface area contributed by atoms with Gasteiger partial charge in [-0.05, 0) is 26.0 Å². The van der Waals surface area contributed by atoms with Gasteiger partial charge in [-0.1, -0.05) is 6.07 Å². The molecule has 100 valence electrons. The van der Waals surface area contributed by atoms with Gasteiger partial charge in [0.25, 0.3) is 5.91 Å². The van der Waals surface area contributed by atoms with Gasteiger partial charge in [0.2, 0.25) is 0 Å². The van der Waals surface area contributed by atoms with Gasteiger partial charge < -0.3 is 15.5 Å². The third kappa shape index (κ3) is 2.52. The fourth-order valence-corrected chi connectivity index (χ4v) is 1.72. The van der Waals surface area contributed by atoms with Crippen molar-refractivity contribution >= 4 is 11.7 Å². The number of carbonyl (C=O) groups is 1. The maximum absolute atomic E-state index is 12.0. The van der Waals surface area contributed by atoms with Crippen LogP contribution in [0, 0.1) is 0 Å². The van der Waals surface area contributed by atoms with Crippen LogP contribution < -0.4 is 5.32 Å². The average Bonchev–Trinajstić information content (AvgIpc) is 2.80. The highest BCUT2D eigenvalue weighted by atomic mass is 16.3. The summed E-state index contributed by atoms with van der Waals surface area (Å²) in [6.45, 7) is 3.88. The highest BCUT2D eigenvalue weighted by molar-refractivity contribution is 6.06. The van der Waals surface area contributed by atoms with Crippen LogP contribution in [0.25, 0.3) is 0 Å². The van der Waals surface area contributed by atoms with Crippen LogP contribution in [0.5, 0.6) is 11.5 Å². The number of carbonyl (C=O) groups excluding carboxylic acids is 1. The molecule has 0 spiro atoms. The third-order valence-electron chi connectivity index (χ3n) is 2.66. The van der Waals surface area contributed by atoms with Crippen LogP contribution in [0.2, 0.25) is 0 Å². The highest BCUT2D eigenvalue weighted by Crippen LogP contribution is 2.28. The summed E-state index contributed by atoms with van der Waals surface area (Å²) in [5.41, 5.74) is 0.0107. The van der Waals surface area contributed by atoms with E-state index in [1.807, 2.05) is 13.8 Å². The Morgan fingerprint density at radius 2 is 2.05 bits per heavy atom. The molecule has 0 aliphatic carbocycles. The lowest BCUT2D eigenvalue weighted by Gasteiger charge is -2.12. The molecule has 2 rings (SSSR count). The van der Waals surface area contributed by atoms with Crippen molar-refractivity contribution in [2.24, 2.45) is 0 Å². The number of rotatable bonds is 3. The zero-order chi connectivity index (χ0) is 14.0. The first-order chi connectivity index (χ1) is 9.00. The van der Waals surface area contributed by atoms with E-state index in [0.29, 0.717) is 5.82 Å². The first kappa shape index (κ1) is 12.9. The van der Waals surface area contributed by atoms with Crippen molar-refractivity contribution in [3.63, 3.8) is 0 Å². The molecule has 0 fully saturated rings. The topological polar surface area (TPSA) is 87.4 Å². The molecule has 0 saturated heterocycles. The molecular weight excluding hydrogens is 246 g/mol. The zero-order valence-corrected chi connectivity index (χ0v) is 10.7. The minimum Gasteiger partial charge on any atom is -0.504 e.